The van der Waals surface area contributed by atoms with Crippen LogP contribution in [-0.2, 0) is 4.79 Å². The standard InChI is InChI=1S/C9H12F2N2O/c1-4-7(6(2)13-3)5-9(10,11)8(12)14/h4H,1,3,5H2,2H3,(H2,12,14)/b7-6+. The summed E-state index contributed by atoms with van der Waals surface area (Å²) in [5, 5.41) is 0. The van der Waals surface area contributed by atoms with Gasteiger partial charge in [-0.15, -0.1) is 0 Å². The lowest BCUT2D eigenvalue weighted by Gasteiger charge is -2.13. The highest BCUT2D eigenvalue weighted by Crippen LogP contribution is 2.25. The van der Waals surface area contributed by atoms with Crippen molar-refractivity contribution in [2.75, 3.05) is 0 Å². The average molecular weight is 202 g/mol. The first-order chi connectivity index (χ1) is 6.35. The van der Waals surface area contributed by atoms with Crippen LogP contribution in [0.2, 0.25) is 0 Å². The molecule has 0 aliphatic heterocycles. The molecule has 0 atom stereocenters. The van der Waals surface area contributed by atoms with E-state index in [0.29, 0.717) is 5.70 Å². The molecule has 0 saturated carbocycles. The monoisotopic (exact) mass is 202 g/mol. The Hall–Kier alpha value is -1.52. The highest BCUT2D eigenvalue weighted by atomic mass is 19.3. The van der Waals surface area contributed by atoms with E-state index in [-0.39, 0.29) is 5.57 Å². The van der Waals surface area contributed by atoms with Crippen molar-refractivity contribution in [1.29, 1.82) is 0 Å². The molecular formula is C9H12F2N2O. The molecule has 2 N–H and O–H groups in total. The largest absolute Gasteiger partial charge is 0.364 e. The summed E-state index contributed by atoms with van der Waals surface area (Å²) >= 11 is 0. The molecule has 0 aromatic rings. The zero-order chi connectivity index (χ0) is 11.4. The number of rotatable bonds is 5. The molecule has 0 aliphatic rings. The van der Waals surface area contributed by atoms with E-state index in [9.17, 15) is 13.6 Å². The van der Waals surface area contributed by atoms with Crippen molar-refractivity contribution in [1.82, 2.24) is 0 Å². The van der Waals surface area contributed by atoms with E-state index in [1.165, 1.54) is 13.0 Å². The SMILES string of the molecule is C=C/C(CC(F)(F)C(N)=O)=C(/C)N=C. The van der Waals surface area contributed by atoms with Gasteiger partial charge in [-0.3, -0.25) is 9.79 Å². The van der Waals surface area contributed by atoms with Gasteiger partial charge in [-0.05, 0) is 19.2 Å². The van der Waals surface area contributed by atoms with Gasteiger partial charge in [-0.25, -0.2) is 0 Å². The zero-order valence-electron chi connectivity index (χ0n) is 7.89. The minimum absolute atomic E-state index is 0.156. The predicted molar refractivity (Wildman–Crippen MR) is 51.2 cm³/mol. The number of hydrogen-bond acceptors (Lipinski definition) is 2. The molecule has 0 rings (SSSR count). The molecule has 0 saturated heterocycles. The summed E-state index contributed by atoms with van der Waals surface area (Å²) < 4.78 is 25.7. The maximum Gasteiger partial charge on any atom is 0.328 e. The number of nitrogens with two attached hydrogens (primary N) is 1. The summed E-state index contributed by atoms with van der Waals surface area (Å²) in [5.74, 6) is -5.23. The lowest BCUT2D eigenvalue weighted by atomic mass is 10.1. The Bertz CT molecular complexity index is 295. The smallest absolute Gasteiger partial charge is 0.328 e. The van der Waals surface area contributed by atoms with Gasteiger partial charge in [-0.1, -0.05) is 12.7 Å². The van der Waals surface area contributed by atoms with Crippen LogP contribution in [0.1, 0.15) is 13.3 Å². The van der Waals surface area contributed by atoms with Gasteiger partial charge in [0.1, 0.15) is 0 Å². The number of primary amides is 1. The molecule has 1 amide bonds. The Balaban J connectivity index is 4.89. The molecule has 78 valence electrons. The molecule has 0 radical (unpaired) electrons. The topological polar surface area (TPSA) is 55.5 Å². The lowest BCUT2D eigenvalue weighted by Crippen LogP contribution is -2.35. The van der Waals surface area contributed by atoms with E-state index < -0.39 is 18.3 Å². The highest BCUT2D eigenvalue weighted by molar-refractivity contribution is 5.82. The summed E-state index contributed by atoms with van der Waals surface area (Å²) in [4.78, 5) is 13.8. The number of aliphatic imine (C=N–C) groups is 1. The molecule has 3 nitrogen and oxygen atoms in total. The Morgan fingerprint density at radius 1 is 1.64 bits per heavy atom. The second kappa shape index (κ2) is 4.64. The van der Waals surface area contributed by atoms with Crippen LogP contribution in [0.4, 0.5) is 8.78 Å². The van der Waals surface area contributed by atoms with Gasteiger partial charge in [-0.2, -0.15) is 8.78 Å². The second-order valence-corrected chi connectivity index (χ2v) is 2.72. The minimum atomic E-state index is -3.57. The molecule has 0 aliphatic carbocycles. The van der Waals surface area contributed by atoms with E-state index >= 15 is 0 Å². The summed E-state index contributed by atoms with van der Waals surface area (Å²) in [6, 6.07) is 0. The van der Waals surface area contributed by atoms with Crippen LogP contribution in [0.25, 0.3) is 0 Å². The summed E-state index contributed by atoms with van der Waals surface area (Å²) in [7, 11) is 0. The first kappa shape index (κ1) is 12.5. The van der Waals surface area contributed by atoms with Gasteiger partial charge in [0.15, 0.2) is 0 Å². The Labute approximate surface area is 81.0 Å². The van der Waals surface area contributed by atoms with Crippen LogP contribution >= 0.6 is 0 Å². The number of nitrogens with zero attached hydrogens (tertiary/aromatic N) is 1. The normalized spacial score (nSPS) is 13.1. The molecular weight excluding hydrogens is 190 g/mol. The van der Waals surface area contributed by atoms with Gasteiger partial charge in [0, 0.05) is 12.1 Å². The fourth-order valence-corrected chi connectivity index (χ4v) is 0.776. The van der Waals surface area contributed by atoms with Crippen LogP contribution in [0.3, 0.4) is 0 Å². The zero-order valence-corrected chi connectivity index (χ0v) is 7.89. The molecule has 0 unspecified atom stereocenters. The van der Waals surface area contributed by atoms with Crippen molar-refractivity contribution < 1.29 is 13.6 Å². The van der Waals surface area contributed by atoms with E-state index in [4.69, 9.17) is 0 Å². The van der Waals surface area contributed by atoms with Crippen molar-refractivity contribution in [2.45, 2.75) is 19.3 Å². The number of carbonyl (C=O) groups is 1. The molecule has 14 heavy (non-hydrogen) atoms. The quantitative estimate of drug-likeness (QED) is 0.535. The molecule has 0 fully saturated rings. The molecule has 0 spiro atoms. The number of hydrogen-bond donors (Lipinski definition) is 1. The summed E-state index contributed by atoms with van der Waals surface area (Å²) in [5.41, 5.74) is 4.99. The van der Waals surface area contributed by atoms with Gasteiger partial charge in [0.2, 0.25) is 0 Å². The van der Waals surface area contributed by atoms with Crippen molar-refractivity contribution in [3.8, 4) is 0 Å². The Kier molecular flexibility index (Phi) is 4.14. The van der Waals surface area contributed by atoms with E-state index in [2.05, 4.69) is 24.0 Å². The number of halogens is 2. The fourth-order valence-electron chi connectivity index (χ4n) is 0.776. The van der Waals surface area contributed by atoms with Crippen molar-refractivity contribution in [2.24, 2.45) is 10.7 Å². The van der Waals surface area contributed by atoms with Crippen LogP contribution in [0.15, 0.2) is 28.9 Å². The minimum Gasteiger partial charge on any atom is -0.364 e. The van der Waals surface area contributed by atoms with Crippen LogP contribution < -0.4 is 5.73 Å². The van der Waals surface area contributed by atoms with E-state index in [1.54, 1.807) is 0 Å². The molecule has 0 aromatic carbocycles. The third kappa shape index (κ3) is 3.08. The third-order valence-electron chi connectivity index (χ3n) is 1.72. The van der Waals surface area contributed by atoms with Crippen LogP contribution in [-0.4, -0.2) is 18.5 Å². The first-order valence-corrected chi connectivity index (χ1v) is 3.81. The van der Waals surface area contributed by atoms with Gasteiger partial charge < -0.3 is 5.73 Å². The lowest BCUT2D eigenvalue weighted by molar-refractivity contribution is -0.141. The fraction of sp³-hybridized carbons (Fsp3) is 0.333. The van der Waals surface area contributed by atoms with Crippen molar-refractivity contribution in [3.05, 3.63) is 23.9 Å². The van der Waals surface area contributed by atoms with Crippen molar-refractivity contribution in [3.63, 3.8) is 0 Å². The molecule has 0 aromatic heterocycles. The molecule has 0 bridgehead atoms. The number of allylic oxidation sites excluding steroid dienone is 3. The van der Waals surface area contributed by atoms with Crippen LogP contribution in [0, 0.1) is 0 Å². The van der Waals surface area contributed by atoms with Crippen LogP contribution in [0.5, 0.6) is 0 Å². The van der Waals surface area contributed by atoms with Gasteiger partial charge >= 0.3 is 5.92 Å². The van der Waals surface area contributed by atoms with Crippen molar-refractivity contribution >= 4 is 12.6 Å². The number of alkyl halides is 2. The first-order valence-electron chi connectivity index (χ1n) is 3.81. The molecule has 0 heterocycles. The van der Waals surface area contributed by atoms with E-state index in [1.807, 2.05) is 0 Å². The van der Waals surface area contributed by atoms with Gasteiger partial charge in [0.25, 0.3) is 5.91 Å². The number of carbonyl (C=O) groups excluding carboxylic acids is 1. The predicted octanol–water partition coefficient (Wildman–Crippen LogP) is 1.66. The van der Waals surface area contributed by atoms with E-state index in [0.717, 1.165) is 0 Å². The third-order valence-corrected chi connectivity index (χ3v) is 1.72. The summed E-state index contributed by atoms with van der Waals surface area (Å²) in [6.07, 6.45) is 0.414. The second-order valence-electron chi connectivity index (χ2n) is 2.72. The summed E-state index contributed by atoms with van der Waals surface area (Å²) in [6.45, 7) is 8.03. The Morgan fingerprint density at radius 2 is 2.14 bits per heavy atom. The Morgan fingerprint density at radius 3 is 2.43 bits per heavy atom. The average Bonchev–Trinajstić information content (AvgIpc) is 2.12. The van der Waals surface area contributed by atoms with Gasteiger partial charge in [0.05, 0.1) is 0 Å². The highest BCUT2D eigenvalue weighted by Gasteiger charge is 2.37. The number of amides is 1. The molecule has 5 heteroatoms. The maximum absolute atomic E-state index is 12.9. The maximum atomic E-state index is 12.9.